The highest BCUT2D eigenvalue weighted by atomic mass is 16.5. The number of ether oxygens (including phenoxy) is 1. The molecule has 0 aromatic rings. The van der Waals surface area contributed by atoms with Crippen molar-refractivity contribution in [3.63, 3.8) is 0 Å². The Morgan fingerprint density at radius 1 is 1.42 bits per heavy atom. The second-order valence-corrected chi connectivity index (χ2v) is 6.08. The van der Waals surface area contributed by atoms with Gasteiger partial charge in [-0.25, -0.2) is 4.79 Å². The van der Waals surface area contributed by atoms with E-state index in [2.05, 4.69) is 12.2 Å². The molecule has 3 atom stereocenters. The van der Waals surface area contributed by atoms with Crippen molar-refractivity contribution in [2.45, 2.75) is 51.0 Å². The average molecular weight is 269 g/mol. The Hall–Kier alpha value is -1.10. The van der Waals surface area contributed by atoms with Gasteiger partial charge in [-0.2, -0.15) is 0 Å². The van der Waals surface area contributed by atoms with Crippen LogP contribution in [-0.4, -0.2) is 35.7 Å². The molecule has 19 heavy (non-hydrogen) atoms. The van der Waals surface area contributed by atoms with Crippen molar-refractivity contribution in [3.05, 3.63) is 0 Å². The molecule has 1 amide bonds. The number of nitrogens with one attached hydrogen (secondary N) is 1. The van der Waals surface area contributed by atoms with Crippen molar-refractivity contribution in [2.24, 2.45) is 11.8 Å². The molecule has 0 spiro atoms. The first-order valence-corrected chi connectivity index (χ1v) is 7.14. The third kappa shape index (κ3) is 3.47. The number of hydrogen-bond acceptors (Lipinski definition) is 3. The molecule has 1 saturated carbocycles. The molecule has 0 radical (unpaired) electrons. The number of rotatable bonds is 4. The Kier molecular flexibility index (Phi) is 4.45. The highest BCUT2D eigenvalue weighted by Gasteiger charge is 2.44. The summed E-state index contributed by atoms with van der Waals surface area (Å²) in [4.78, 5) is 23.4. The summed E-state index contributed by atoms with van der Waals surface area (Å²) in [7, 11) is 0. The Morgan fingerprint density at radius 2 is 2.21 bits per heavy atom. The number of aliphatic carboxylic acids is 1. The average Bonchev–Trinajstić information content (AvgIpc) is 2.78. The first kappa shape index (κ1) is 14.3. The Morgan fingerprint density at radius 3 is 2.79 bits per heavy atom. The van der Waals surface area contributed by atoms with Crippen molar-refractivity contribution in [1.29, 1.82) is 0 Å². The summed E-state index contributed by atoms with van der Waals surface area (Å²) in [5.74, 6) is -0.0610. The molecule has 0 aromatic carbocycles. The van der Waals surface area contributed by atoms with Gasteiger partial charge in [-0.3, -0.25) is 4.79 Å². The van der Waals surface area contributed by atoms with Crippen molar-refractivity contribution in [1.82, 2.24) is 5.32 Å². The zero-order valence-electron chi connectivity index (χ0n) is 11.5. The van der Waals surface area contributed by atoms with E-state index in [-0.39, 0.29) is 12.5 Å². The third-order valence-electron chi connectivity index (χ3n) is 4.33. The van der Waals surface area contributed by atoms with E-state index in [0.29, 0.717) is 31.3 Å². The standard InChI is InChI=1S/C14H23NO4/c1-10-3-2-4-11(7-10)8-12(16)15-14(13(17)18)5-6-19-9-14/h10-11H,2-9H2,1H3,(H,15,16)(H,17,18). The van der Waals surface area contributed by atoms with Gasteiger partial charge in [-0.05, 0) is 24.7 Å². The lowest BCUT2D eigenvalue weighted by molar-refractivity contribution is -0.147. The van der Waals surface area contributed by atoms with Crippen LogP contribution < -0.4 is 5.32 Å². The van der Waals surface area contributed by atoms with Gasteiger partial charge in [0, 0.05) is 19.4 Å². The molecule has 0 aromatic heterocycles. The molecule has 0 bridgehead atoms. The van der Waals surface area contributed by atoms with Gasteiger partial charge in [-0.1, -0.05) is 19.8 Å². The topological polar surface area (TPSA) is 75.6 Å². The van der Waals surface area contributed by atoms with E-state index in [4.69, 9.17) is 4.74 Å². The van der Waals surface area contributed by atoms with Crippen LogP contribution in [0.4, 0.5) is 0 Å². The maximum Gasteiger partial charge on any atom is 0.331 e. The van der Waals surface area contributed by atoms with Crippen molar-refractivity contribution in [3.8, 4) is 0 Å². The lowest BCUT2D eigenvalue weighted by Crippen LogP contribution is -2.55. The van der Waals surface area contributed by atoms with Gasteiger partial charge in [0.1, 0.15) is 0 Å². The molecule has 1 heterocycles. The summed E-state index contributed by atoms with van der Waals surface area (Å²) in [6.07, 6.45) is 5.37. The number of amides is 1. The van der Waals surface area contributed by atoms with Crippen molar-refractivity contribution in [2.75, 3.05) is 13.2 Å². The Balaban J connectivity index is 1.87. The fourth-order valence-electron chi connectivity index (χ4n) is 3.21. The fourth-order valence-corrected chi connectivity index (χ4v) is 3.21. The number of carboxylic acids is 1. The minimum absolute atomic E-state index is 0.0785. The second kappa shape index (κ2) is 5.90. The quantitative estimate of drug-likeness (QED) is 0.812. The van der Waals surface area contributed by atoms with Gasteiger partial charge in [0.25, 0.3) is 0 Å². The maximum absolute atomic E-state index is 12.1. The van der Waals surface area contributed by atoms with E-state index in [1.165, 1.54) is 12.8 Å². The maximum atomic E-state index is 12.1. The lowest BCUT2D eigenvalue weighted by Gasteiger charge is -2.28. The predicted octanol–water partition coefficient (Wildman–Crippen LogP) is 1.56. The van der Waals surface area contributed by atoms with Gasteiger partial charge >= 0.3 is 5.97 Å². The van der Waals surface area contributed by atoms with E-state index in [1.807, 2.05) is 0 Å². The first-order chi connectivity index (χ1) is 9.02. The highest BCUT2D eigenvalue weighted by molar-refractivity contribution is 5.87. The van der Waals surface area contributed by atoms with Crippen LogP contribution in [0.2, 0.25) is 0 Å². The first-order valence-electron chi connectivity index (χ1n) is 7.14. The third-order valence-corrected chi connectivity index (χ3v) is 4.33. The Bertz CT molecular complexity index is 349. The molecule has 5 heteroatoms. The molecule has 2 N–H and O–H groups in total. The number of carboxylic acid groups (broad SMARTS) is 1. The molecule has 2 aliphatic rings. The molecule has 1 aliphatic carbocycles. The molecular formula is C14H23NO4. The summed E-state index contributed by atoms with van der Waals surface area (Å²) < 4.78 is 5.13. The fraction of sp³-hybridized carbons (Fsp3) is 0.857. The summed E-state index contributed by atoms with van der Waals surface area (Å²) in [5, 5.41) is 12.0. The van der Waals surface area contributed by atoms with Gasteiger partial charge in [0.15, 0.2) is 5.54 Å². The van der Waals surface area contributed by atoms with Crippen molar-refractivity contribution >= 4 is 11.9 Å². The van der Waals surface area contributed by atoms with Gasteiger partial charge in [0.2, 0.25) is 5.91 Å². The molecular weight excluding hydrogens is 246 g/mol. The van der Waals surface area contributed by atoms with Crippen LogP contribution in [0.5, 0.6) is 0 Å². The lowest BCUT2D eigenvalue weighted by atomic mass is 9.80. The molecule has 3 unspecified atom stereocenters. The predicted molar refractivity (Wildman–Crippen MR) is 69.7 cm³/mol. The van der Waals surface area contributed by atoms with E-state index in [0.717, 1.165) is 12.8 Å². The second-order valence-electron chi connectivity index (χ2n) is 6.08. The summed E-state index contributed by atoms with van der Waals surface area (Å²) >= 11 is 0. The molecule has 5 nitrogen and oxygen atoms in total. The molecule has 108 valence electrons. The normalized spacial score (nSPS) is 35.0. The molecule has 2 fully saturated rings. The smallest absolute Gasteiger partial charge is 0.331 e. The molecule has 1 aliphatic heterocycles. The zero-order valence-corrected chi connectivity index (χ0v) is 11.5. The highest BCUT2D eigenvalue weighted by Crippen LogP contribution is 2.31. The summed E-state index contributed by atoms with van der Waals surface area (Å²) in [6, 6.07) is 0. The molecule has 2 rings (SSSR count). The van der Waals surface area contributed by atoms with E-state index in [1.54, 1.807) is 0 Å². The van der Waals surface area contributed by atoms with Crippen molar-refractivity contribution < 1.29 is 19.4 Å². The summed E-state index contributed by atoms with van der Waals surface area (Å²) in [5.41, 5.74) is -1.20. The van der Waals surface area contributed by atoms with Crippen LogP contribution in [0, 0.1) is 11.8 Å². The van der Waals surface area contributed by atoms with Crippen LogP contribution in [-0.2, 0) is 14.3 Å². The van der Waals surface area contributed by atoms with E-state index in [9.17, 15) is 14.7 Å². The van der Waals surface area contributed by atoms with Crippen LogP contribution >= 0.6 is 0 Å². The van der Waals surface area contributed by atoms with E-state index >= 15 is 0 Å². The van der Waals surface area contributed by atoms with E-state index < -0.39 is 11.5 Å². The van der Waals surface area contributed by atoms with Crippen LogP contribution in [0.3, 0.4) is 0 Å². The minimum atomic E-state index is -1.20. The number of hydrogen-bond donors (Lipinski definition) is 2. The zero-order chi connectivity index (χ0) is 13.9. The Labute approximate surface area is 113 Å². The summed E-state index contributed by atoms with van der Waals surface area (Å²) in [6.45, 7) is 2.69. The largest absolute Gasteiger partial charge is 0.479 e. The number of carbonyl (C=O) groups is 2. The number of carbonyl (C=O) groups excluding carboxylic acids is 1. The van der Waals surface area contributed by atoms with Crippen LogP contribution in [0.25, 0.3) is 0 Å². The van der Waals surface area contributed by atoms with Crippen LogP contribution in [0.15, 0.2) is 0 Å². The van der Waals surface area contributed by atoms with Crippen LogP contribution in [0.1, 0.15) is 45.4 Å². The monoisotopic (exact) mass is 269 g/mol. The SMILES string of the molecule is CC1CCCC(CC(=O)NC2(C(=O)O)CCOC2)C1. The molecule has 1 saturated heterocycles. The minimum Gasteiger partial charge on any atom is -0.479 e. The van der Waals surface area contributed by atoms with Gasteiger partial charge < -0.3 is 15.2 Å². The van der Waals surface area contributed by atoms with Gasteiger partial charge in [-0.15, -0.1) is 0 Å². The van der Waals surface area contributed by atoms with Gasteiger partial charge in [0.05, 0.1) is 6.61 Å².